The maximum absolute atomic E-state index is 12.0. The molecule has 3 nitrogen and oxygen atoms in total. The fraction of sp³-hybridized carbons (Fsp3) is 0.929. The van der Waals surface area contributed by atoms with Crippen molar-refractivity contribution in [1.29, 1.82) is 0 Å². The van der Waals surface area contributed by atoms with Gasteiger partial charge in [-0.2, -0.15) is 0 Å². The van der Waals surface area contributed by atoms with Crippen molar-refractivity contribution in [1.82, 2.24) is 5.32 Å². The molecule has 17 heavy (non-hydrogen) atoms. The van der Waals surface area contributed by atoms with Gasteiger partial charge in [0.05, 0.1) is 5.92 Å². The summed E-state index contributed by atoms with van der Waals surface area (Å²) in [5.74, 6) is 0.242. The summed E-state index contributed by atoms with van der Waals surface area (Å²) in [5.41, 5.74) is 5.93. The average Bonchev–Trinajstić information content (AvgIpc) is 2.71. The number of nitrogens with one attached hydrogen (secondary N) is 1. The molecule has 100 valence electrons. The van der Waals surface area contributed by atoms with E-state index < -0.39 is 0 Å². The molecule has 3 heteroatoms. The summed E-state index contributed by atoms with van der Waals surface area (Å²) in [6, 6.07) is 0.384. The van der Waals surface area contributed by atoms with Gasteiger partial charge in [0.25, 0.3) is 0 Å². The third kappa shape index (κ3) is 5.07. The quantitative estimate of drug-likeness (QED) is 0.672. The molecule has 0 aromatic carbocycles. The van der Waals surface area contributed by atoms with Crippen LogP contribution in [-0.2, 0) is 4.79 Å². The fourth-order valence-electron chi connectivity index (χ4n) is 2.61. The highest BCUT2D eigenvalue weighted by atomic mass is 16.2. The van der Waals surface area contributed by atoms with Crippen LogP contribution in [0.2, 0.25) is 0 Å². The maximum atomic E-state index is 12.0. The van der Waals surface area contributed by atoms with Crippen LogP contribution in [0.1, 0.15) is 65.2 Å². The Labute approximate surface area is 106 Å². The SMILES string of the molecule is CCCCCCC(C)NC(=O)C1CCCC1N. The van der Waals surface area contributed by atoms with Crippen LogP contribution >= 0.6 is 0 Å². The molecule has 0 heterocycles. The van der Waals surface area contributed by atoms with E-state index in [1.54, 1.807) is 0 Å². The topological polar surface area (TPSA) is 55.1 Å². The Balaban J connectivity index is 2.16. The van der Waals surface area contributed by atoms with Gasteiger partial charge >= 0.3 is 0 Å². The van der Waals surface area contributed by atoms with Gasteiger partial charge in [-0.25, -0.2) is 0 Å². The van der Waals surface area contributed by atoms with Crippen LogP contribution < -0.4 is 11.1 Å². The van der Waals surface area contributed by atoms with E-state index >= 15 is 0 Å². The second kappa shape index (κ2) is 7.70. The third-order valence-electron chi connectivity index (χ3n) is 3.79. The summed E-state index contributed by atoms with van der Waals surface area (Å²) >= 11 is 0. The molecule has 3 N–H and O–H groups in total. The van der Waals surface area contributed by atoms with Crippen molar-refractivity contribution >= 4 is 5.91 Å². The minimum absolute atomic E-state index is 0.0630. The summed E-state index contributed by atoms with van der Waals surface area (Å²) in [6.45, 7) is 4.32. The van der Waals surface area contributed by atoms with Crippen LogP contribution in [-0.4, -0.2) is 18.0 Å². The lowest BCUT2D eigenvalue weighted by Crippen LogP contribution is -2.42. The Morgan fingerprint density at radius 3 is 2.71 bits per heavy atom. The Kier molecular flexibility index (Phi) is 6.56. The van der Waals surface area contributed by atoms with Crippen molar-refractivity contribution in [2.45, 2.75) is 77.3 Å². The summed E-state index contributed by atoms with van der Waals surface area (Å²) in [4.78, 5) is 12.0. The van der Waals surface area contributed by atoms with Gasteiger partial charge in [0, 0.05) is 12.1 Å². The highest BCUT2D eigenvalue weighted by molar-refractivity contribution is 5.79. The first-order valence-corrected chi connectivity index (χ1v) is 7.21. The highest BCUT2D eigenvalue weighted by Gasteiger charge is 2.30. The molecule has 0 saturated heterocycles. The number of unbranched alkanes of at least 4 members (excludes halogenated alkanes) is 3. The first-order valence-electron chi connectivity index (χ1n) is 7.21. The predicted octanol–water partition coefficient (Wildman–Crippen LogP) is 2.59. The number of nitrogens with two attached hydrogens (primary N) is 1. The second-order valence-corrected chi connectivity index (χ2v) is 5.46. The van der Waals surface area contributed by atoms with Crippen LogP contribution in [0.3, 0.4) is 0 Å². The number of rotatable bonds is 7. The molecule has 0 spiro atoms. The first-order chi connectivity index (χ1) is 8.15. The normalized spacial score (nSPS) is 25.8. The second-order valence-electron chi connectivity index (χ2n) is 5.46. The molecule has 3 unspecified atom stereocenters. The Bertz CT molecular complexity index is 230. The fourth-order valence-corrected chi connectivity index (χ4v) is 2.61. The largest absolute Gasteiger partial charge is 0.353 e. The lowest BCUT2D eigenvalue weighted by atomic mass is 10.0. The molecule has 1 aliphatic carbocycles. The standard InChI is InChI=1S/C14H28N2O/c1-3-4-5-6-8-11(2)16-14(17)12-9-7-10-13(12)15/h11-13H,3-10,15H2,1-2H3,(H,16,17). The molecule has 0 bridgehead atoms. The molecule has 0 aliphatic heterocycles. The Morgan fingerprint density at radius 2 is 2.12 bits per heavy atom. The van der Waals surface area contributed by atoms with Crippen LogP contribution in [0.5, 0.6) is 0 Å². The number of hydrogen-bond donors (Lipinski definition) is 2. The van der Waals surface area contributed by atoms with Gasteiger partial charge in [-0.15, -0.1) is 0 Å². The number of carbonyl (C=O) groups is 1. The first kappa shape index (κ1) is 14.5. The van der Waals surface area contributed by atoms with Gasteiger partial charge in [-0.05, 0) is 26.2 Å². The zero-order valence-electron chi connectivity index (χ0n) is 11.4. The molecule has 3 atom stereocenters. The monoisotopic (exact) mass is 240 g/mol. The van der Waals surface area contributed by atoms with Gasteiger partial charge in [0.15, 0.2) is 0 Å². The van der Waals surface area contributed by atoms with E-state index in [0.29, 0.717) is 6.04 Å². The zero-order valence-corrected chi connectivity index (χ0v) is 11.4. The van der Waals surface area contributed by atoms with E-state index in [0.717, 1.165) is 25.7 Å². The lowest BCUT2D eigenvalue weighted by Gasteiger charge is -2.19. The van der Waals surface area contributed by atoms with E-state index in [2.05, 4.69) is 19.2 Å². The third-order valence-corrected chi connectivity index (χ3v) is 3.79. The lowest BCUT2D eigenvalue weighted by molar-refractivity contribution is -0.125. The molecule has 1 saturated carbocycles. The molecular formula is C14H28N2O. The minimum atomic E-state index is 0.0630. The highest BCUT2D eigenvalue weighted by Crippen LogP contribution is 2.24. The minimum Gasteiger partial charge on any atom is -0.353 e. The summed E-state index contributed by atoms with van der Waals surface area (Å²) in [6.07, 6.45) is 9.22. The molecule has 1 aliphatic rings. The molecule has 1 fully saturated rings. The van der Waals surface area contributed by atoms with Gasteiger partial charge in [0.1, 0.15) is 0 Å². The average molecular weight is 240 g/mol. The van der Waals surface area contributed by atoms with Crippen molar-refractivity contribution in [3.05, 3.63) is 0 Å². The number of carbonyl (C=O) groups excluding carboxylic acids is 1. The van der Waals surface area contributed by atoms with Crippen molar-refractivity contribution in [3.8, 4) is 0 Å². The number of amides is 1. The summed E-state index contributed by atoms with van der Waals surface area (Å²) < 4.78 is 0. The summed E-state index contributed by atoms with van der Waals surface area (Å²) in [7, 11) is 0. The Hall–Kier alpha value is -0.570. The van der Waals surface area contributed by atoms with Crippen LogP contribution in [0.15, 0.2) is 0 Å². The molecule has 1 rings (SSSR count). The van der Waals surface area contributed by atoms with Crippen molar-refractivity contribution in [2.24, 2.45) is 11.7 Å². The number of hydrogen-bond acceptors (Lipinski definition) is 2. The van der Waals surface area contributed by atoms with Crippen LogP contribution in [0.25, 0.3) is 0 Å². The van der Waals surface area contributed by atoms with Crippen LogP contribution in [0, 0.1) is 5.92 Å². The van der Waals surface area contributed by atoms with E-state index in [1.807, 2.05) is 0 Å². The molecule has 0 radical (unpaired) electrons. The smallest absolute Gasteiger partial charge is 0.224 e. The maximum Gasteiger partial charge on any atom is 0.224 e. The zero-order chi connectivity index (χ0) is 12.7. The van der Waals surface area contributed by atoms with E-state index in [1.165, 1.54) is 25.7 Å². The molecule has 0 aromatic heterocycles. The van der Waals surface area contributed by atoms with Crippen molar-refractivity contribution in [3.63, 3.8) is 0 Å². The predicted molar refractivity (Wildman–Crippen MR) is 71.7 cm³/mol. The summed E-state index contributed by atoms with van der Waals surface area (Å²) in [5, 5.41) is 3.11. The van der Waals surface area contributed by atoms with Gasteiger partial charge in [-0.1, -0.05) is 39.0 Å². The molecule has 0 aromatic rings. The molecule has 1 amide bonds. The van der Waals surface area contributed by atoms with Gasteiger partial charge in [0.2, 0.25) is 5.91 Å². The van der Waals surface area contributed by atoms with Crippen molar-refractivity contribution in [2.75, 3.05) is 0 Å². The van der Waals surface area contributed by atoms with Gasteiger partial charge < -0.3 is 11.1 Å². The Morgan fingerprint density at radius 1 is 1.35 bits per heavy atom. The van der Waals surface area contributed by atoms with Gasteiger partial charge in [-0.3, -0.25) is 4.79 Å². The van der Waals surface area contributed by atoms with E-state index in [9.17, 15) is 4.79 Å². The molecular weight excluding hydrogens is 212 g/mol. The van der Waals surface area contributed by atoms with Crippen molar-refractivity contribution < 1.29 is 4.79 Å². The van der Waals surface area contributed by atoms with Crippen LogP contribution in [0.4, 0.5) is 0 Å². The van der Waals surface area contributed by atoms with E-state index in [-0.39, 0.29) is 17.9 Å². The van der Waals surface area contributed by atoms with E-state index in [4.69, 9.17) is 5.73 Å².